The van der Waals surface area contributed by atoms with Crippen LogP contribution in [0.4, 0.5) is 0 Å². The highest BCUT2D eigenvalue weighted by atomic mass is 79.9. The number of pyridine rings is 1. The molecule has 1 aromatic heterocycles. The third-order valence-corrected chi connectivity index (χ3v) is 3.47. The van der Waals surface area contributed by atoms with E-state index in [1.165, 1.54) is 0 Å². The van der Waals surface area contributed by atoms with Crippen LogP contribution in [0, 0.1) is 0 Å². The van der Waals surface area contributed by atoms with E-state index in [9.17, 15) is 4.79 Å². The number of benzene rings is 1. The minimum Gasteiger partial charge on any atom is -0.348 e. The van der Waals surface area contributed by atoms with Crippen molar-refractivity contribution in [3.8, 4) is 0 Å². The Morgan fingerprint density at radius 1 is 1.22 bits per heavy atom. The van der Waals surface area contributed by atoms with Gasteiger partial charge in [0, 0.05) is 17.2 Å². The number of hydrogen-bond acceptors (Lipinski definition) is 2. The Balaban J connectivity index is 2.03. The maximum Gasteiger partial charge on any atom is 0.254 e. The van der Waals surface area contributed by atoms with Crippen molar-refractivity contribution in [3.63, 3.8) is 0 Å². The summed E-state index contributed by atoms with van der Waals surface area (Å²) in [7, 11) is 0. The summed E-state index contributed by atoms with van der Waals surface area (Å²) in [5, 5.41) is 2.85. The number of rotatable bonds is 3. The number of amides is 1. The smallest absolute Gasteiger partial charge is 0.254 e. The van der Waals surface area contributed by atoms with Crippen LogP contribution >= 0.6 is 31.9 Å². The van der Waals surface area contributed by atoms with Crippen LogP contribution in [-0.4, -0.2) is 10.9 Å². The van der Waals surface area contributed by atoms with Crippen LogP contribution in [-0.2, 0) is 6.54 Å². The highest BCUT2D eigenvalue weighted by Crippen LogP contribution is 2.14. The summed E-state index contributed by atoms with van der Waals surface area (Å²) < 4.78 is 1.55. The number of nitrogens with one attached hydrogen (secondary N) is 1. The van der Waals surface area contributed by atoms with Crippen molar-refractivity contribution in [2.24, 2.45) is 0 Å². The van der Waals surface area contributed by atoms with E-state index >= 15 is 0 Å². The fourth-order valence-electron chi connectivity index (χ4n) is 1.48. The van der Waals surface area contributed by atoms with E-state index in [2.05, 4.69) is 42.2 Å². The zero-order chi connectivity index (χ0) is 13.0. The fraction of sp³-hybridized carbons (Fsp3) is 0.0769. The number of aromatic nitrogens is 1. The monoisotopic (exact) mass is 368 g/mol. The van der Waals surface area contributed by atoms with Gasteiger partial charge in [-0.25, -0.2) is 4.98 Å². The van der Waals surface area contributed by atoms with Crippen LogP contribution in [0.3, 0.4) is 0 Å². The fourth-order valence-corrected chi connectivity index (χ4v) is 2.36. The third-order valence-electron chi connectivity index (χ3n) is 2.35. The lowest BCUT2D eigenvalue weighted by Gasteiger charge is -2.06. The zero-order valence-corrected chi connectivity index (χ0v) is 12.5. The molecule has 2 rings (SSSR count). The molecule has 5 heteroatoms. The molecule has 0 radical (unpaired) electrons. The minimum absolute atomic E-state index is 0.144. The van der Waals surface area contributed by atoms with E-state index in [0.29, 0.717) is 16.7 Å². The topological polar surface area (TPSA) is 42.0 Å². The second kappa shape index (κ2) is 6.11. The largest absolute Gasteiger partial charge is 0.348 e. The van der Waals surface area contributed by atoms with Crippen LogP contribution in [0.5, 0.6) is 0 Å². The van der Waals surface area contributed by atoms with E-state index in [0.717, 1.165) is 10.0 Å². The predicted octanol–water partition coefficient (Wildman–Crippen LogP) is 3.54. The lowest BCUT2D eigenvalue weighted by atomic mass is 10.2. The predicted molar refractivity (Wildman–Crippen MR) is 77.2 cm³/mol. The Kier molecular flexibility index (Phi) is 4.49. The minimum atomic E-state index is -0.144. The Labute approximate surface area is 122 Å². The Hall–Kier alpha value is -1.20. The normalized spacial score (nSPS) is 10.1. The van der Waals surface area contributed by atoms with E-state index in [1.54, 1.807) is 18.3 Å². The average molecular weight is 370 g/mol. The van der Waals surface area contributed by atoms with E-state index < -0.39 is 0 Å². The number of hydrogen-bond donors (Lipinski definition) is 1. The van der Waals surface area contributed by atoms with Gasteiger partial charge in [-0.15, -0.1) is 0 Å². The molecule has 2 aromatic rings. The first-order valence-electron chi connectivity index (χ1n) is 5.30. The highest BCUT2D eigenvalue weighted by molar-refractivity contribution is 9.10. The molecule has 1 amide bonds. The van der Waals surface area contributed by atoms with Crippen LogP contribution in [0.1, 0.15) is 15.9 Å². The van der Waals surface area contributed by atoms with Crippen molar-refractivity contribution in [1.82, 2.24) is 10.3 Å². The van der Waals surface area contributed by atoms with Crippen molar-refractivity contribution in [2.45, 2.75) is 6.54 Å². The number of nitrogens with zero attached hydrogens (tertiary/aromatic N) is 1. The van der Waals surface area contributed by atoms with Crippen molar-refractivity contribution in [3.05, 3.63) is 62.8 Å². The van der Waals surface area contributed by atoms with Gasteiger partial charge in [0.1, 0.15) is 4.60 Å². The standard InChI is InChI=1S/C13H10Br2N2O/c14-10-4-1-3-9(7-10)8-17-13(18)11-5-2-6-16-12(11)15/h1-7H,8H2,(H,17,18). The number of carbonyl (C=O) groups excluding carboxylic acids is 1. The summed E-state index contributed by atoms with van der Waals surface area (Å²) in [4.78, 5) is 15.9. The molecular formula is C13H10Br2N2O. The van der Waals surface area contributed by atoms with E-state index in [4.69, 9.17) is 0 Å². The molecule has 1 N–H and O–H groups in total. The first-order chi connectivity index (χ1) is 8.66. The van der Waals surface area contributed by atoms with E-state index in [-0.39, 0.29) is 5.91 Å². The SMILES string of the molecule is O=C(NCc1cccc(Br)c1)c1cccnc1Br. The van der Waals surface area contributed by atoms with Gasteiger partial charge in [-0.1, -0.05) is 28.1 Å². The maximum absolute atomic E-state index is 11.9. The number of halogens is 2. The molecule has 0 saturated carbocycles. The summed E-state index contributed by atoms with van der Waals surface area (Å²) in [5.74, 6) is -0.144. The Morgan fingerprint density at radius 3 is 2.78 bits per heavy atom. The summed E-state index contributed by atoms with van der Waals surface area (Å²) >= 11 is 6.65. The molecular weight excluding hydrogens is 360 g/mol. The van der Waals surface area contributed by atoms with Crippen LogP contribution < -0.4 is 5.32 Å². The van der Waals surface area contributed by atoms with Crippen LogP contribution in [0.25, 0.3) is 0 Å². The second-order valence-electron chi connectivity index (χ2n) is 3.65. The van der Waals surface area contributed by atoms with Gasteiger partial charge in [-0.2, -0.15) is 0 Å². The molecule has 0 bridgehead atoms. The molecule has 0 aliphatic heterocycles. The average Bonchev–Trinajstić information content (AvgIpc) is 2.37. The van der Waals surface area contributed by atoms with Gasteiger partial charge < -0.3 is 5.32 Å². The quantitative estimate of drug-likeness (QED) is 0.841. The lowest BCUT2D eigenvalue weighted by Crippen LogP contribution is -2.23. The van der Waals surface area contributed by atoms with Crippen molar-refractivity contribution < 1.29 is 4.79 Å². The van der Waals surface area contributed by atoms with Crippen molar-refractivity contribution in [1.29, 1.82) is 0 Å². The van der Waals surface area contributed by atoms with Crippen LogP contribution in [0.15, 0.2) is 51.7 Å². The first-order valence-corrected chi connectivity index (χ1v) is 6.88. The molecule has 1 heterocycles. The third kappa shape index (κ3) is 3.40. The molecule has 0 saturated heterocycles. The van der Waals surface area contributed by atoms with Gasteiger partial charge in [0.25, 0.3) is 5.91 Å². The summed E-state index contributed by atoms with van der Waals surface area (Å²) in [5.41, 5.74) is 1.57. The molecule has 18 heavy (non-hydrogen) atoms. The zero-order valence-electron chi connectivity index (χ0n) is 9.36. The molecule has 0 aliphatic rings. The molecule has 0 atom stereocenters. The highest BCUT2D eigenvalue weighted by Gasteiger charge is 2.09. The van der Waals surface area contributed by atoms with E-state index in [1.807, 2.05) is 24.3 Å². The number of carbonyl (C=O) groups is 1. The van der Waals surface area contributed by atoms with Gasteiger partial charge in [0.05, 0.1) is 5.56 Å². The molecule has 0 aliphatic carbocycles. The maximum atomic E-state index is 11.9. The molecule has 0 spiro atoms. The molecule has 92 valence electrons. The summed E-state index contributed by atoms with van der Waals surface area (Å²) in [6.07, 6.45) is 1.63. The second-order valence-corrected chi connectivity index (χ2v) is 5.32. The van der Waals surface area contributed by atoms with Crippen LogP contribution in [0.2, 0.25) is 0 Å². The van der Waals surface area contributed by atoms with Gasteiger partial charge in [-0.05, 0) is 45.8 Å². The molecule has 1 aromatic carbocycles. The van der Waals surface area contributed by atoms with Gasteiger partial charge >= 0.3 is 0 Å². The van der Waals surface area contributed by atoms with Gasteiger partial charge in [-0.3, -0.25) is 4.79 Å². The lowest BCUT2D eigenvalue weighted by molar-refractivity contribution is 0.0949. The molecule has 0 unspecified atom stereocenters. The van der Waals surface area contributed by atoms with Gasteiger partial charge in [0.2, 0.25) is 0 Å². The molecule has 0 fully saturated rings. The summed E-state index contributed by atoms with van der Waals surface area (Å²) in [6, 6.07) is 11.3. The van der Waals surface area contributed by atoms with Crippen molar-refractivity contribution >= 4 is 37.8 Å². The first kappa shape index (κ1) is 13.2. The van der Waals surface area contributed by atoms with Crippen molar-refractivity contribution in [2.75, 3.05) is 0 Å². The summed E-state index contributed by atoms with van der Waals surface area (Å²) in [6.45, 7) is 0.486. The molecule has 3 nitrogen and oxygen atoms in total. The Bertz CT molecular complexity index is 572. The van der Waals surface area contributed by atoms with Gasteiger partial charge in [0.15, 0.2) is 0 Å². The Morgan fingerprint density at radius 2 is 2.06 bits per heavy atom.